The number of hydrogen-bond donors (Lipinski definition) is 0. The van der Waals surface area contributed by atoms with Crippen molar-refractivity contribution in [2.75, 3.05) is 13.1 Å². The zero-order valence-corrected chi connectivity index (χ0v) is 15.7. The van der Waals surface area contributed by atoms with E-state index in [0.29, 0.717) is 37.3 Å². The molecule has 0 saturated carbocycles. The van der Waals surface area contributed by atoms with Gasteiger partial charge in [-0.1, -0.05) is 36.4 Å². The van der Waals surface area contributed by atoms with E-state index in [-0.39, 0.29) is 11.7 Å². The van der Waals surface area contributed by atoms with E-state index >= 15 is 0 Å². The van der Waals surface area contributed by atoms with Crippen LogP contribution in [0.1, 0.15) is 29.0 Å². The first-order valence-electron chi connectivity index (χ1n) is 9.05. The van der Waals surface area contributed by atoms with Crippen molar-refractivity contribution in [2.45, 2.75) is 23.8 Å². The molecule has 0 radical (unpaired) electrons. The van der Waals surface area contributed by atoms with Crippen LogP contribution in [0.2, 0.25) is 0 Å². The van der Waals surface area contributed by atoms with Crippen LogP contribution < -0.4 is 0 Å². The van der Waals surface area contributed by atoms with Crippen LogP contribution in [0.5, 0.6) is 0 Å². The number of rotatable bonds is 4. The Bertz CT molecular complexity index is 1040. The molecule has 1 aromatic heterocycles. The van der Waals surface area contributed by atoms with E-state index in [4.69, 9.17) is 4.42 Å². The Morgan fingerprint density at radius 1 is 1.00 bits per heavy atom. The van der Waals surface area contributed by atoms with Crippen molar-refractivity contribution in [2.24, 2.45) is 0 Å². The fraction of sp³-hybridized carbons (Fsp3) is 0.286. The fourth-order valence-electron chi connectivity index (χ4n) is 3.71. The molecule has 1 saturated heterocycles. The smallest absolute Gasteiger partial charge is 0.254 e. The SMILES string of the molecule is O=C(c1cccc2ccccc12)N1CCC(S(=O)(=O)Cc2ccco2)CC1. The van der Waals surface area contributed by atoms with E-state index in [1.807, 2.05) is 42.5 Å². The van der Waals surface area contributed by atoms with Gasteiger partial charge in [-0.05, 0) is 41.8 Å². The van der Waals surface area contributed by atoms with Gasteiger partial charge in [0.15, 0.2) is 9.84 Å². The summed E-state index contributed by atoms with van der Waals surface area (Å²) in [6.45, 7) is 0.897. The van der Waals surface area contributed by atoms with Gasteiger partial charge in [0, 0.05) is 18.7 Å². The van der Waals surface area contributed by atoms with Crippen molar-refractivity contribution < 1.29 is 17.6 Å². The molecule has 0 atom stereocenters. The summed E-state index contributed by atoms with van der Waals surface area (Å²) in [6.07, 6.45) is 2.40. The standard InChI is InChI=1S/C21H21NO4S/c23-21(20-9-3-6-16-5-1-2-8-19(16)20)22-12-10-18(11-13-22)27(24,25)15-17-7-4-14-26-17/h1-9,14,18H,10-13,15H2. The Labute approximate surface area is 158 Å². The number of likely N-dealkylation sites (tertiary alicyclic amines) is 1. The van der Waals surface area contributed by atoms with Gasteiger partial charge < -0.3 is 9.32 Å². The van der Waals surface area contributed by atoms with Crippen LogP contribution in [0.15, 0.2) is 65.3 Å². The molecule has 0 unspecified atom stereocenters. The van der Waals surface area contributed by atoms with E-state index in [1.54, 1.807) is 17.0 Å². The van der Waals surface area contributed by atoms with Crippen LogP contribution >= 0.6 is 0 Å². The quantitative estimate of drug-likeness (QED) is 0.690. The molecule has 0 aliphatic carbocycles. The number of sulfone groups is 1. The number of benzene rings is 2. The van der Waals surface area contributed by atoms with Gasteiger partial charge in [-0.2, -0.15) is 0 Å². The zero-order valence-electron chi connectivity index (χ0n) is 14.9. The Morgan fingerprint density at radius 2 is 1.74 bits per heavy atom. The molecule has 0 N–H and O–H groups in total. The average Bonchev–Trinajstić information content (AvgIpc) is 3.19. The molecule has 1 aliphatic rings. The van der Waals surface area contributed by atoms with E-state index in [2.05, 4.69) is 0 Å². The summed E-state index contributed by atoms with van der Waals surface area (Å²) >= 11 is 0. The lowest BCUT2D eigenvalue weighted by Crippen LogP contribution is -2.42. The fourth-order valence-corrected chi connectivity index (χ4v) is 5.44. The van der Waals surface area contributed by atoms with Gasteiger partial charge in [-0.15, -0.1) is 0 Å². The number of piperidine rings is 1. The highest BCUT2D eigenvalue weighted by Crippen LogP contribution is 2.25. The summed E-state index contributed by atoms with van der Waals surface area (Å²) < 4.78 is 30.4. The van der Waals surface area contributed by atoms with Gasteiger partial charge in [-0.25, -0.2) is 8.42 Å². The predicted octanol–water partition coefficient (Wildman–Crippen LogP) is 3.65. The number of nitrogens with zero attached hydrogens (tertiary/aromatic N) is 1. The summed E-state index contributed by atoms with van der Waals surface area (Å²) in [5, 5.41) is 1.52. The minimum Gasteiger partial charge on any atom is -0.468 e. The van der Waals surface area contributed by atoms with E-state index < -0.39 is 15.1 Å². The molecule has 140 valence electrons. The van der Waals surface area contributed by atoms with Crippen LogP contribution in [0.4, 0.5) is 0 Å². The molecule has 0 bridgehead atoms. The first-order valence-corrected chi connectivity index (χ1v) is 10.8. The van der Waals surface area contributed by atoms with Crippen LogP contribution in [-0.4, -0.2) is 37.6 Å². The first-order chi connectivity index (χ1) is 13.0. The predicted molar refractivity (Wildman–Crippen MR) is 104 cm³/mol. The third kappa shape index (κ3) is 3.62. The molecule has 1 amide bonds. The van der Waals surface area contributed by atoms with Gasteiger partial charge in [0.25, 0.3) is 5.91 Å². The van der Waals surface area contributed by atoms with Gasteiger partial charge in [0.2, 0.25) is 0 Å². The van der Waals surface area contributed by atoms with Crippen LogP contribution in [0, 0.1) is 0 Å². The summed E-state index contributed by atoms with van der Waals surface area (Å²) in [5.74, 6) is 0.347. The first kappa shape index (κ1) is 17.8. The molecule has 1 fully saturated rings. The number of amides is 1. The molecule has 4 rings (SSSR count). The number of furan rings is 1. The van der Waals surface area contributed by atoms with Crippen molar-refractivity contribution in [3.63, 3.8) is 0 Å². The molecule has 2 heterocycles. The van der Waals surface area contributed by atoms with E-state index in [1.165, 1.54) is 6.26 Å². The molecule has 0 spiro atoms. The minimum absolute atomic E-state index is 0.0336. The Balaban J connectivity index is 1.46. The van der Waals surface area contributed by atoms with Crippen LogP contribution in [0.25, 0.3) is 10.8 Å². The highest BCUT2D eigenvalue weighted by Gasteiger charge is 2.32. The molecule has 5 nitrogen and oxygen atoms in total. The second-order valence-electron chi connectivity index (χ2n) is 6.90. The van der Waals surface area contributed by atoms with Crippen LogP contribution in [0.3, 0.4) is 0 Å². The Hall–Kier alpha value is -2.60. The monoisotopic (exact) mass is 383 g/mol. The third-order valence-electron chi connectivity index (χ3n) is 5.18. The van der Waals surface area contributed by atoms with Gasteiger partial charge in [0.05, 0.1) is 11.5 Å². The lowest BCUT2D eigenvalue weighted by Gasteiger charge is -2.32. The Kier molecular flexibility index (Phi) is 4.74. The second-order valence-corrected chi connectivity index (χ2v) is 9.19. The molecule has 3 aromatic rings. The second kappa shape index (κ2) is 7.19. The summed E-state index contributed by atoms with van der Waals surface area (Å²) in [7, 11) is -3.29. The highest BCUT2D eigenvalue weighted by molar-refractivity contribution is 7.91. The highest BCUT2D eigenvalue weighted by atomic mass is 32.2. The average molecular weight is 383 g/mol. The lowest BCUT2D eigenvalue weighted by molar-refractivity contribution is 0.0727. The summed E-state index contributed by atoms with van der Waals surface area (Å²) in [4.78, 5) is 14.8. The minimum atomic E-state index is -3.29. The Morgan fingerprint density at radius 3 is 2.48 bits per heavy atom. The van der Waals surface area contributed by atoms with Gasteiger partial charge in [0.1, 0.15) is 11.5 Å². The molecule has 27 heavy (non-hydrogen) atoms. The summed E-state index contributed by atoms with van der Waals surface area (Å²) in [5.41, 5.74) is 0.671. The maximum atomic E-state index is 13.0. The van der Waals surface area contributed by atoms with Crippen molar-refractivity contribution in [1.82, 2.24) is 4.90 Å². The molecule has 1 aliphatic heterocycles. The maximum absolute atomic E-state index is 13.0. The molecule has 6 heteroatoms. The third-order valence-corrected chi connectivity index (χ3v) is 7.35. The van der Waals surface area contributed by atoms with Crippen molar-refractivity contribution >= 4 is 26.5 Å². The number of carbonyl (C=O) groups excluding carboxylic acids is 1. The van der Waals surface area contributed by atoms with Crippen molar-refractivity contribution in [3.8, 4) is 0 Å². The number of fused-ring (bicyclic) bond motifs is 1. The van der Waals surface area contributed by atoms with E-state index in [0.717, 1.165) is 10.8 Å². The number of hydrogen-bond acceptors (Lipinski definition) is 4. The molecular weight excluding hydrogens is 362 g/mol. The number of carbonyl (C=O) groups is 1. The topological polar surface area (TPSA) is 67.6 Å². The van der Waals surface area contributed by atoms with Gasteiger partial charge >= 0.3 is 0 Å². The van der Waals surface area contributed by atoms with Crippen molar-refractivity contribution in [3.05, 3.63) is 72.2 Å². The summed E-state index contributed by atoms with van der Waals surface area (Å²) in [6, 6.07) is 16.9. The normalized spacial score (nSPS) is 15.9. The zero-order chi connectivity index (χ0) is 18.9. The largest absolute Gasteiger partial charge is 0.468 e. The lowest BCUT2D eigenvalue weighted by atomic mass is 10.0. The van der Waals surface area contributed by atoms with Gasteiger partial charge in [-0.3, -0.25) is 4.79 Å². The molecule has 2 aromatic carbocycles. The van der Waals surface area contributed by atoms with Crippen molar-refractivity contribution in [1.29, 1.82) is 0 Å². The van der Waals surface area contributed by atoms with E-state index in [9.17, 15) is 13.2 Å². The maximum Gasteiger partial charge on any atom is 0.254 e. The van der Waals surface area contributed by atoms with Crippen LogP contribution in [-0.2, 0) is 15.6 Å². The molecular formula is C21H21NO4S.